The number of hydrogen-bond donors (Lipinski definition) is 0. The second kappa shape index (κ2) is 14.0. The normalized spacial score (nSPS) is 11.3. The van der Waals surface area contributed by atoms with Crippen LogP contribution in [0.4, 0.5) is 4.39 Å². The predicted molar refractivity (Wildman–Crippen MR) is 117 cm³/mol. The molecular weight excluding hydrogens is 434 g/mol. The summed E-state index contributed by atoms with van der Waals surface area (Å²) in [6.07, 6.45) is 0.0280. The van der Waals surface area contributed by atoms with Crippen LogP contribution < -0.4 is 44.1 Å². The third kappa shape index (κ3) is 9.18. The van der Waals surface area contributed by atoms with Gasteiger partial charge in [0.15, 0.2) is 0 Å². The summed E-state index contributed by atoms with van der Waals surface area (Å²) in [5, 5.41) is 11.1. The number of carboxylic acid groups (broad SMARTS) is 1. The van der Waals surface area contributed by atoms with Crippen LogP contribution in [0, 0.1) is 5.82 Å². The molecule has 33 heavy (non-hydrogen) atoms. The van der Waals surface area contributed by atoms with Gasteiger partial charge in [-0.15, -0.1) is 0 Å². The van der Waals surface area contributed by atoms with Gasteiger partial charge in [0.05, 0.1) is 12.6 Å². The van der Waals surface area contributed by atoms with Crippen LogP contribution >= 0.6 is 0 Å². The van der Waals surface area contributed by atoms with Crippen LogP contribution in [0.5, 0.6) is 11.5 Å². The van der Waals surface area contributed by atoms with Gasteiger partial charge in [0, 0.05) is 19.4 Å². The maximum atomic E-state index is 13.2. The summed E-state index contributed by atoms with van der Waals surface area (Å²) in [6.45, 7) is 2.88. The van der Waals surface area contributed by atoms with Gasteiger partial charge >= 0.3 is 29.6 Å². The number of aliphatic carboxylic acids is 1. The van der Waals surface area contributed by atoms with E-state index in [1.807, 2.05) is 54.6 Å². The van der Waals surface area contributed by atoms with E-state index in [0.717, 1.165) is 28.9 Å². The molecule has 0 saturated carbocycles. The van der Waals surface area contributed by atoms with Crippen molar-refractivity contribution in [2.45, 2.75) is 32.5 Å². The molecule has 3 aromatic rings. The standard InChI is InChI=1S/C26H27FO5.Na/c1-2-30-25(26(28)29)17-20-8-12-23(13-9-20)31-15-14-19-6-10-24(11-7-19)32-18-21-4-3-5-22(27)16-21;/h3-13,16,25H,2,14-15,17-18H2,1H3,(H,28,29);/q;+1/p-1/t25-;/m0./s1. The minimum atomic E-state index is -1.21. The Balaban J connectivity index is 0.00000385. The fourth-order valence-electron chi connectivity index (χ4n) is 3.18. The first kappa shape index (κ1) is 26.9. The maximum absolute atomic E-state index is 13.2. The van der Waals surface area contributed by atoms with E-state index in [9.17, 15) is 14.3 Å². The number of carbonyl (C=O) groups excluding carboxylic acids is 1. The van der Waals surface area contributed by atoms with E-state index in [0.29, 0.717) is 25.6 Å². The van der Waals surface area contributed by atoms with Crippen molar-refractivity contribution in [2.75, 3.05) is 13.2 Å². The molecule has 0 fully saturated rings. The Hall–Kier alpha value is -2.38. The zero-order chi connectivity index (χ0) is 22.8. The van der Waals surface area contributed by atoms with E-state index in [-0.39, 0.29) is 41.8 Å². The molecule has 0 aromatic heterocycles. The van der Waals surface area contributed by atoms with E-state index in [1.54, 1.807) is 13.0 Å². The average molecular weight is 460 g/mol. The average Bonchev–Trinajstić information content (AvgIpc) is 2.79. The molecule has 0 aliphatic carbocycles. The van der Waals surface area contributed by atoms with E-state index in [4.69, 9.17) is 14.2 Å². The van der Waals surface area contributed by atoms with Crippen molar-refractivity contribution in [3.05, 3.63) is 95.3 Å². The molecule has 0 amide bonds. The van der Waals surface area contributed by atoms with Crippen LogP contribution in [0.15, 0.2) is 72.8 Å². The van der Waals surface area contributed by atoms with Gasteiger partial charge in [-0.1, -0.05) is 36.4 Å². The van der Waals surface area contributed by atoms with E-state index in [1.165, 1.54) is 12.1 Å². The van der Waals surface area contributed by atoms with E-state index >= 15 is 0 Å². The van der Waals surface area contributed by atoms with Crippen LogP contribution in [-0.2, 0) is 29.0 Å². The number of ether oxygens (including phenoxy) is 3. The monoisotopic (exact) mass is 460 g/mol. The number of benzene rings is 3. The smallest absolute Gasteiger partial charge is 0.547 e. The van der Waals surface area contributed by atoms with Crippen molar-refractivity contribution in [1.82, 2.24) is 0 Å². The van der Waals surface area contributed by atoms with Gasteiger partial charge in [0.1, 0.15) is 30.0 Å². The Morgan fingerprint density at radius 1 is 0.909 bits per heavy atom. The number of rotatable bonds is 12. The molecule has 0 aliphatic rings. The third-order valence-corrected chi connectivity index (χ3v) is 4.85. The van der Waals surface area contributed by atoms with Crippen molar-refractivity contribution in [1.29, 1.82) is 0 Å². The van der Waals surface area contributed by atoms with Gasteiger partial charge in [-0.3, -0.25) is 0 Å². The number of carboxylic acids is 1. The quantitative estimate of drug-likeness (QED) is 0.373. The summed E-state index contributed by atoms with van der Waals surface area (Å²) < 4.78 is 29.9. The second-order valence-corrected chi connectivity index (χ2v) is 7.27. The first-order valence-corrected chi connectivity index (χ1v) is 10.5. The molecule has 5 nitrogen and oxygen atoms in total. The topological polar surface area (TPSA) is 67.8 Å². The van der Waals surface area contributed by atoms with Gasteiger partial charge in [-0.05, 0) is 60.0 Å². The Bertz CT molecular complexity index is 992. The van der Waals surface area contributed by atoms with Gasteiger partial charge in [0.25, 0.3) is 0 Å². The molecule has 0 radical (unpaired) electrons. The van der Waals surface area contributed by atoms with Crippen molar-refractivity contribution < 1.29 is 58.1 Å². The Morgan fingerprint density at radius 3 is 2.15 bits per heavy atom. The van der Waals surface area contributed by atoms with Crippen LogP contribution in [0.3, 0.4) is 0 Å². The molecule has 3 rings (SSSR count). The largest absolute Gasteiger partial charge is 1.00 e. The fraction of sp³-hybridized carbons (Fsp3) is 0.269. The molecule has 3 aromatic carbocycles. The van der Waals surface area contributed by atoms with Crippen molar-refractivity contribution >= 4 is 5.97 Å². The first-order valence-electron chi connectivity index (χ1n) is 10.5. The zero-order valence-electron chi connectivity index (χ0n) is 19.0. The molecule has 0 aliphatic heterocycles. The summed E-state index contributed by atoms with van der Waals surface area (Å²) in [6, 6.07) is 21.4. The van der Waals surface area contributed by atoms with Crippen molar-refractivity contribution in [3.63, 3.8) is 0 Å². The van der Waals surface area contributed by atoms with E-state index < -0.39 is 12.1 Å². The fourth-order valence-corrected chi connectivity index (χ4v) is 3.18. The summed E-state index contributed by atoms with van der Waals surface area (Å²) in [7, 11) is 0. The molecule has 1 atom stereocenters. The van der Waals surface area contributed by atoms with Crippen molar-refractivity contribution in [2.24, 2.45) is 0 Å². The number of hydrogen-bond acceptors (Lipinski definition) is 5. The third-order valence-electron chi connectivity index (χ3n) is 4.85. The molecule has 0 bridgehead atoms. The Labute approximate surface area is 215 Å². The van der Waals surface area contributed by atoms with Gasteiger partial charge in [-0.25, -0.2) is 4.39 Å². The molecule has 0 heterocycles. The zero-order valence-corrected chi connectivity index (χ0v) is 21.0. The molecule has 0 spiro atoms. The number of carbonyl (C=O) groups is 1. The Morgan fingerprint density at radius 2 is 1.55 bits per heavy atom. The minimum absolute atomic E-state index is 0. The summed E-state index contributed by atoms with van der Waals surface area (Å²) in [4.78, 5) is 11.1. The minimum Gasteiger partial charge on any atom is -0.547 e. The van der Waals surface area contributed by atoms with E-state index in [2.05, 4.69) is 0 Å². The van der Waals surface area contributed by atoms with Crippen LogP contribution in [-0.4, -0.2) is 25.3 Å². The van der Waals surface area contributed by atoms with Gasteiger partial charge in [0.2, 0.25) is 0 Å². The molecular formula is C26H26FNaO5. The summed E-state index contributed by atoms with van der Waals surface area (Å²) in [5.74, 6) is -0.0532. The van der Waals surface area contributed by atoms with Crippen LogP contribution in [0.2, 0.25) is 0 Å². The van der Waals surface area contributed by atoms with Crippen LogP contribution in [0.1, 0.15) is 23.6 Å². The van der Waals surface area contributed by atoms with Crippen LogP contribution in [0.25, 0.3) is 0 Å². The number of halogens is 1. The van der Waals surface area contributed by atoms with Gasteiger partial charge in [-0.2, -0.15) is 0 Å². The predicted octanol–water partition coefficient (Wildman–Crippen LogP) is 0.728. The molecule has 0 unspecified atom stereocenters. The van der Waals surface area contributed by atoms with Crippen molar-refractivity contribution in [3.8, 4) is 11.5 Å². The molecule has 168 valence electrons. The first-order chi connectivity index (χ1) is 15.5. The second-order valence-electron chi connectivity index (χ2n) is 7.27. The Kier molecular flexibility index (Phi) is 11.4. The molecule has 0 N–H and O–H groups in total. The maximum Gasteiger partial charge on any atom is 1.00 e. The van der Waals surface area contributed by atoms with Gasteiger partial charge < -0.3 is 24.1 Å². The summed E-state index contributed by atoms with van der Waals surface area (Å²) >= 11 is 0. The molecule has 0 saturated heterocycles. The summed E-state index contributed by atoms with van der Waals surface area (Å²) in [5.41, 5.74) is 2.73. The molecule has 7 heteroatoms. The SMILES string of the molecule is CCO[C@@H](Cc1ccc(OCCc2ccc(OCc3cccc(F)c3)cc2)cc1)C(=O)[O-].[Na+].